The molecule has 2 aromatic carbocycles. The van der Waals surface area contributed by atoms with Crippen molar-refractivity contribution in [2.24, 2.45) is 0 Å². The van der Waals surface area contributed by atoms with E-state index < -0.39 is 12.0 Å². The number of carbonyl (C=O) groups is 2. The van der Waals surface area contributed by atoms with Gasteiger partial charge in [0, 0.05) is 24.2 Å². The van der Waals surface area contributed by atoms with Gasteiger partial charge in [-0.2, -0.15) is 0 Å². The zero-order valence-electron chi connectivity index (χ0n) is 13.5. The molecule has 0 aliphatic heterocycles. The number of halogens is 1. The molecule has 0 saturated heterocycles. The summed E-state index contributed by atoms with van der Waals surface area (Å²) in [5.41, 5.74) is 2.28. The van der Waals surface area contributed by atoms with Gasteiger partial charge in [0.1, 0.15) is 6.04 Å². The van der Waals surface area contributed by atoms with E-state index in [0.29, 0.717) is 22.8 Å². The van der Waals surface area contributed by atoms with Crippen molar-refractivity contribution < 1.29 is 14.3 Å². The number of benzene rings is 2. The molecule has 0 fully saturated rings. The van der Waals surface area contributed by atoms with E-state index in [-0.39, 0.29) is 5.91 Å². The first-order chi connectivity index (χ1) is 11.5. The molecule has 0 aliphatic rings. The van der Waals surface area contributed by atoms with Crippen molar-refractivity contribution in [2.45, 2.75) is 19.5 Å². The van der Waals surface area contributed by atoms with Crippen LogP contribution in [-0.2, 0) is 20.9 Å². The van der Waals surface area contributed by atoms with Crippen LogP contribution < -0.4 is 10.6 Å². The summed E-state index contributed by atoms with van der Waals surface area (Å²) in [6.45, 7) is 1.87. The second kappa shape index (κ2) is 8.47. The standard InChI is InChI=1S/C18H19ClN2O3/c1-12(22)21-14-7-5-6-13(10-14)11-20-17(18(23)24-2)15-8-3-4-9-16(15)19/h3-10,17,20H,11H2,1-2H3,(H,21,22)/t17-/m0/s1. The van der Waals surface area contributed by atoms with Gasteiger partial charge in [0.25, 0.3) is 0 Å². The maximum absolute atomic E-state index is 12.1. The first-order valence-corrected chi connectivity index (χ1v) is 7.81. The van der Waals surface area contributed by atoms with Crippen LogP contribution in [0, 0.1) is 0 Å². The van der Waals surface area contributed by atoms with E-state index >= 15 is 0 Å². The molecule has 2 N–H and O–H groups in total. The van der Waals surface area contributed by atoms with Gasteiger partial charge in [-0.25, -0.2) is 4.79 Å². The summed E-state index contributed by atoms with van der Waals surface area (Å²) < 4.78 is 4.87. The number of hydrogen-bond donors (Lipinski definition) is 2. The number of rotatable bonds is 6. The summed E-state index contributed by atoms with van der Waals surface area (Å²) in [6, 6.07) is 13.8. The molecule has 0 bridgehead atoms. The van der Waals surface area contributed by atoms with Crippen molar-refractivity contribution in [3.05, 3.63) is 64.7 Å². The molecule has 0 saturated carbocycles. The highest BCUT2D eigenvalue weighted by Crippen LogP contribution is 2.24. The van der Waals surface area contributed by atoms with Gasteiger partial charge in [-0.1, -0.05) is 41.9 Å². The van der Waals surface area contributed by atoms with Crippen molar-refractivity contribution >= 4 is 29.2 Å². The predicted molar refractivity (Wildman–Crippen MR) is 93.8 cm³/mol. The number of nitrogens with one attached hydrogen (secondary N) is 2. The van der Waals surface area contributed by atoms with E-state index in [1.807, 2.05) is 24.3 Å². The minimum absolute atomic E-state index is 0.136. The van der Waals surface area contributed by atoms with E-state index in [4.69, 9.17) is 16.3 Å². The Bertz CT molecular complexity index is 734. The highest BCUT2D eigenvalue weighted by atomic mass is 35.5. The van der Waals surface area contributed by atoms with E-state index in [0.717, 1.165) is 5.56 Å². The summed E-state index contributed by atoms with van der Waals surface area (Å²) in [6.07, 6.45) is 0. The Hall–Kier alpha value is -2.37. The summed E-state index contributed by atoms with van der Waals surface area (Å²) in [7, 11) is 1.34. The lowest BCUT2D eigenvalue weighted by Crippen LogP contribution is -2.29. The zero-order chi connectivity index (χ0) is 17.5. The monoisotopic (exact) mass is 346 g/mol. The molecule has 2 aromatic rings. The lowest BCUT2D eigenvalue weighted by molar-refractivity contribution is -0.143. The third-order valence-electron chi connectivity index (χ3n) is 3.41. The molecule has 0 heterocycles. The summed E-state index contributed by atoms with van der Waals surface area (Å²) >= 11 is 6.19. The molecule has 1 atom stereocenters. The van der Waals surface area contributed by atoms with E-state index in [9.17, 15) is 9.59 Å². The van der Waals surface area contributed by atoms with Gasteiger partial charge >= 0.3 is 5.97 Å². The summed E-state index contributed by atoms with van der Waals surface area (Å²) in [4.78, 5) is 23.2. The first-order valence-electron chi connectivity index (χ1n) is 7.43. The molecule has 126 valence electrons. The van der Waals surface area contributed by atoms with Crippen LogP contribution in [0.25, 0.3) is 0 Å². The molecular weight excluding hydrogens is 328 g/mol. The van der Waals surface area contributed by atoms with Crippen LogP contribution >= 0.6 is 11.6 Å². The Morgan fingerprint density at radius 1 is 1.17 bits per heavy atom. The third kappa shape index (κ3) is 4.81. The molecule has 0 aliphatic carbocycles. The smallest absolute Gasteiger partial charge is 0.327 e. The van der Waals surface area contributed by atoms with Crippen LogP contribution in [0.5, 0.6) is 0 Å². The molecule has 24 heavy (non-hydrogen) atoms. The average molecular weight is 347 g/mol. The van der Waals surface area contributed by atoms with Crippen LogP contribution in [0.4, 0.5) is 5.69 Å². The maximum atomic E-state index is 12.1. The Balaban J connectivity index is 2.15. The predicted octanol–water partition coefficient (Wildman–Crippen LogP) is 3.30. The molecule has 0 unspecified atom stereocenters. The van der Waals surface area contributed by atoms with E-state index in [1.165, 1.54) is 14.0 Å². The van der Waals surface area contributed by atoms with E-state index in [2.05, 4.69) is 10.6 Å². The lowest BCUT2D eigenvalue weighted by Gasteiger charge is -2.18. The van der Waals surface area contributed by atoms with Gasteiger partial charge in [-0.05, 0) is 29.3 Å². The average Bonchev–Trinajstić information content (AvgIpc) is 2.56. The Morgan fingerprint density at radius 3 is 2.58 bits per heavy atom. The minimum atomic E-state index is -0.673. The summed E-state index contributed by atoms with van der Waals surface area (Å²) in [5.74, 6) is -0.551. The zero-order valence-corrected chi connectivity index (χ0v) is 14.3. The third-order valence-corrected chi connectivity index (χ3v) is 3.75. The number of esters is 1. The normalized spacial score (nSPS) is 11.6. The van der Waals surface area contributed by atoms with Crippen LogP contribution in [0.3, 0.4) is 0 Å². The molecule has 0 radical (unpaired) electrons. The van der Waals surface area contributed by atoms with Crippen LogP contribution in [-0.4, -0.2) is 19.0 Å². The van der Waals surface area contributed by atoms with Gasteiger partial charge in [-0.15, -0.1) is 0 Å². The first kappa shape index (κ1) is 18.0. The van der Waals surface area contributed by atoms with Crippen LogP contribution in [0.2, 0.25) is 5.02 Å². The molecule has 6 heteroatoms. The fraction of sp³-hybridized carbons (Fsp3) is 0.222. The SMILES string of the molecule is COC(=O)[C@@H](NCc1cccc(NC(C)=O)c1)c1ccccc1Cl. The Kier molecular flexibility index (Phi) is 6.35. The quantitative estimate of drug-likeness (QED) is 0.787. The van der Waals surface area contributed by atoms with Crippen molar-refractivity contribution in [2.75, 3.05) is 12.4 Å². The molecule has 5 nitrogen and oxygen atoms in total. The van der Waals surface area contributed by atoms with Gasteiger partial charge in [0.15, 0.2) is 0 Å². The van der Waals surface area contributed by atoms with Crippen molar-refractivity contribution in [1.29, 1.82) is 0 Å². The topological polar surface area (TPSA) is 67.4 Å². The van der Waals surface area contributed by atoms with Crippen LogP contribution in [0.1, 0.15) is 24.1 Å². The lowest BCUT2D eigenvalue weighted by atomic mass is 10.1. The molecular formula is C18H19ClN2O3. The van der Waals surface area contributed by atoms with Crippen molar-refractivity contribution in [3.8, 4) is 0 Å². The van der Waals surface area contributed by atoms with Gasteiger partial charge in [0.05, 0.1) is 7.11 Å². The fourth-order valence-corrected chi connectivity index (χ4v) is 2.57. The largest absolute Gasteiger partial charge is 0.468 e. The number of amides is 1. The number of hydrogen-bond acceptors (Lipinski definition) is 4. The number of ether oxygens (including phenoxy) is 1. The molecule has 1 amide bonds. The summed E-state index contributed by atoms with van der Waals surface area (Å²) in [5, 5.41) is 6.37. The van der Waals surface area contributed by atoms with Gasteiger partial charge < -0.3 is 10.1 Å². The maximum Gasteiger partial charge on any atom is 0.327 e. The van der Waals surface area contributed by atoms with Crippen LogP contribution in [0.15, 0.2) is 48.5 Å². The molecule has 2 rings (SSSR count). The molecule has 0 spiro atoms. The number of anilines is 1. The highest BCUT2D eigenvalue weighted by molar-refractivity contribution is 6.31. The Morgan fingerprint density at radius 2 is 1.92 bits per heavy atom. The minimum Gasteiger partial charge on any atom is -0.468 e. The second-order valence-corrected chi connectivity index (χ2v) is 5.65. The second-order valence-electron chi connectivity index (χ2n) is 5.24. The Labute approximate surface area is 146 Å². The number of carbonyl (C=O) groups excluding carboxylic acids is 2. The number of methoxy groups -OCH3 is 1. The fourth-order valence-electron chi connectivity index (χ4n) is 2.33. The van der Waals surface area contributed by atoms with Crippen molar-refractivity contribution in [1.82, 2.24) is 5.32 Å². The highest BCUT2D eigenvalue weighted by Gasteiger charge is 2.23. The van der Waals surface area contributed by atoms with Crippen molar-refractivity contribution in [3.63, 3.8) is 0 Å². The van der Waals surface area contributed by atoms with Gasteiger partial charge in [-0.3, -0.25) is 10.1 Å². The van der Waals surface area contributed by atoms with E-state index in [1.54, 1.807) is 24.3 Å². The molecule has 0 aromatic heterocycles. The van der Waals surface area contributed by atoms with Gasteiger partial charge in [0.2, 0.25) is 5.91 Å².